The van der Waals surface area contributed by atoms with Gasteiger partial charge in [-0.2, -0.15) is 0 Å². The summed E-state index contributed by atoms with van der Waals surface area (Å²) in [6.45, 7) is 6.47. The van der Waals surface area contributed by atoms with Crippen LogP contribution in [0.25, 0.3) is 0 Å². The quantitative estimate of drug-likeness (QED) is 0.749. The average Bonchev–Trinajstić information content (AvgIpc) is 2.20. The minimum absolute atomic E-state index is 0.202. The fourth-order valence-corrected chi connectivity index (χ4v) is 1.53. The molecule has 0 bridgehead atoms. The van der Waals surface area contributed by atoms with Gasteiger partial charge in [-0.25, -0.2) is 4.79 Å². The van der Waals surface area contributed by atoms with E-state index in [2.05, 4.69) is 10.6 Å². The first-order chi connectivity index (χ1) is 7.93. The molecule has 0 radical (unpaired) electrons. The molecule has 2 amide bonds. The molecule has 0 spiro atoms. The zero-order chi connectivity index (χ0) is 12.9. The van der Waals surface area contributed by atoms with E-state index in [0.717, 1.165) is 12.1 Å². The number of carbonyl (C=O) groups is 1. The summed E-state index contributed by atoms with van der Waals surface area (Å²) in [5, 5.41) is 5.68. The number of carbonyl (C=O) groups excluding carboxylic acids is 1. The van der Waals surface area contributed by atoms with E-state index in [-0.39, 0.29) is 11.6 Å². The molecule has 0 aliphatic carbocycles. The van der Waals surface area contributed by atoms with Crippen LogP contribution in [-0.4, -0.2) is 18.1 Å². The molecular formula is C13H21N3O. The van der Waals surface area contributed by atoms with Gasteiger partial charge in [0.2, 0.25) is 0 Å². The molecule has 0 atom stereocenters. The highest BCUT2D eigenvalue weighted by atomic mass is 16.2. The summed E-state index contributed by atoms with van der Waals surface area (Å²) >= 11 is 0. The Bertz CT molecular complexity index is 371. The van der Waals surface area contributed by atoms with Crippen LogP contribution in [0.2, 0.25) is 0 Å². The lowest BCUT2D eigenvalue weighted by molar-refractivity contribution is 0.240. The fraction of sp³-hybridized carbons (Fsp3) is 0.462. The monoisotopic (exact) mass is 235 g/mol. The molecule has 1 rings (SSSR count). The number of benzene rings is 1. The molecule has 4 N–H and O–H groups in total. The summed E-state index contributed by atoms with van der Waals surface area (Å²) in [6.07, 6.45) is 0.744. The van der Waals surface area contributed by atoms with Crippen molar-refractivity contribution in [2.45, 2.75) is 32.7 Å². The molecule has 0 aromatic heterocycles. The normalized spacial score (nSPS) is 11.1. The third kappa shape index (κ3) is 4.87. The summed E-state index contributed by atoms with van der Waals surface area (Å²) in [7, 11) is 0. The molecule has 4 heteroatoms. The predicted octanol–water partition coefficient (Wildman–Crippen LogP) is 2.24. The van der Waals surface area contributed by atoms with Gasteiger partial charge in [-0.3, -0.25) is 0 Å². The van der Waals surface area contributed by atoms with E-state index >= 15 is 0 Å². The number of nitrogens with two attached hydrogens (primary N) is 1. The van der Waals surface area contributed by atoms with E-state index in [1.165, 1.54) is 5.56 Å². The second kappa shape index (κ2) is 5.68. The van der Waals surface area contributed by atoms with Gasteiger partial charge in [0.25, 0.3) is 0 Å². The van der Waals surface area contributed by atoms with Crippen LogP contribution >= 0.6 is 0 Å². The van der Waals surface area contributed by atoms with E-state index in [4.69, 9.17) is 5.73 Å². The minimum atomic E-state index is -0.288. The predicted molar refractivity (Wildman–Crippen MR) is 71.1 cm³/mol. The topological polar surface area (TPSA) is 67.2 Å². The highest BCUT2D eigenvalue weighted by Gasteiger charge is 2.19. The van der Waals surface area contributed by atoms with Gasteiger partial charge in [-0.1, -0.05) is 17.7 Å². The first-order valence-corrected chi connectivity index (χ1v) is 5.79. The number of hydrogen-bond donors (Lipinski definition) is 3. The SMILES string of the molecule is Cc1ccc(NC(=O)NC(C)(C)CCN)cc1. The first kappa shape index (κ1) is 13.5. The van der Waals surface area contributed by atoms with Crippen LogP contribution in [0.5, 0.6) is 0 Å². The Morgan fingerprint density at radius 2 is 1.88 bits per heavy atom. The summed E-state index contributed by atoms with van der Waals surface area (Å²) in [5.74, 6) is 0. The van der Waals surface area contributed by atoms with Crippen LogP contribution < -0.4 is 16.4 Å². The second-order valence-electron chi connectivity index (χ2n) is 4.87. The van der Waals surface area contributed by atoms with Crippen molar-refractivity contribution in [1.29, 1.82) is 0 Å². The van der Waals surface area contributed by atoms with E-state index in [1.807, 2.05) is 45.0 Å². The molecule has 0 aliphatic rings. The molecular weight excluding hydrogens is 214 g/mol. The van der Waals surface area contributed by atoms with E-state index in [9.17, 15) is 4.79 Å². The summed E-state index contributed by atoms with van der Waals surface area (Å²) < 4.78 is 0. The van der Waals surface area contributed by atoms with Crippen molar-refractivity contribution in [3.8, 4) is 0 Å². The van der Waals surface area contributed by atoms with Crippen LogP contribution in [0.3, 0.4) is 0 Å². The number of hydrogen-bond acceptors (Lipinski definition) is 2. The van der Waals surface area contributed by atoms with Gasteiger partial charge in [0, 0.05) is 11.2 Å². The maximum absolute atomic E-state index is 11.7. The van der Waals surface area contributed by atoms with Gasteiger partial charge >= 0.3 is 6.03 Å². The van der Waals surface area contributed by atoms with E-state index in [0.29, 0.717) is 6.54 Å². The fourth-order valence-electron chi connectivity index (χ4n) is 1.53. The molecule has 0 fully saturated rings. The number of rotatable bonds is 4. The van der Waals surface area contributed by atoms with Crippen LogP contribution in [0, 0.1) is 6.92 Å². The number of urea groups is 1. The smallest absolute Gasteiger partial charge is 0.319 e. The molecule has 1 aromatic rings. The van der Waals surface area contributed by atoms with Crippen LogP contribution in [0.1, 0.15) is 25.8 Å². The highest BCUT2D eigenvalue weighted by Crippen LogP contribution is 2.10. The Balaban J connectivity index is 2.52. The van der Waals surface area contributed by atoms with Crippen molar-refractivity contribution in [2.75, 3.05) is 11.9 Å². The van der Waals surface area contributed by atoms with Crippen molar-refractivity contribution < 1.29 is 4.79 Å². The van der Waals surface area contributed by atoms with Gasteiger partial charge in [0.05, 0.1) is 0 Å². The van der Waals surface area contributed by atoms with Crippen molar-refractivity contribution >= 4 is 11.7 Å². The lowest BCUT2D eigenvalue weighted by Gasteiger charge is -2.25. The lowest BCUT2D eigenvalue weighted by atomic mass is 10.0. The summed E-state index contributed by atoms with van der Waals surface area (Å²) in [6, 6.07) is 7.48. The third-order valence-corrected chi connectivity index (χ3v) is 2.53. The van der Waals surface area contributed by atoms with Crippen molar-refractivity contribution in [2.24, 2.45) is 5.73 Å². The zero-order valence-electron chi connectivity index (χ0n) is 10.7. The Morgan fingerprint density at radius 1 is 1.29 bits per heavy atom. The van der Waals surface area contributed by atoms with Gasteiger partial charge in [0.15, 0.2) is 0 Å². The summed E-state index contributed by atoms with van der Waals surface area (Å²) in [5.41, 5.74) is 7.15. The molecule has 0 heterocycles. The molecule has 94 valence electrons. The number of nitrogens with one attached hydrogen (secondary N) is 2. The lowest BCUT2D eigenvalue weighted by Crippen LogP contribution is -2.46. The van der Waals surface area contributed by atoms with Crippen molar-refractivity contribution in [1.82, 2.24) is 5.32 Å². The molecule has 0 saturated carbocycles. The van der Waals surface area contributed by atoms with Crippen LogP contribution in [0.4, 0.5) is 10.5 Å². The van der Waals surface area contributed by atoms with Crippen LogP contribution in [0.15, 0.2) is 24.3 Å². The van der Waals surface area contributed by atoms with Crippen molar-refractivity contribution in [3.05, 3.63) is 29.8 Å². The largest absolute Gasteiger partial charge is 0.333 e. The number of aryl methyl sites for hydroxylation is 1. The Hall–Kier alpha value is -1.55. The second-order valence-corrected chi connectivity index (χ2v) is 4.87. The standard InChI is InChI=1S/C13H21N3O/c1-10-4-6-11(7-5-10)15-12(17)16-13(2,3)8-9-14/h4-7H,8-9,14H2,1-3H3,(H2,15,16,17). The van der Waals surface area contributed by atoms with E-state index < -0.39 is 0 Å². The zero-order valence-corrected chi connectivity index (χ0v) is 10.7. The Labute approximate surface area is 103 Å². The van der Waals surface area contributed by atoms with E-state index in [1.54, 1.807) is 0 Å². The maximum Gasteiger partial charge on any atom is 0.319 e. The molecule has 0 aliphatic heterocycles. The average molecular weight is 235 g/mol. The third-order valence-electron chi connectivity index (χ3n) is 2.53. The van der Waals surface area contributed by atoms with Crippen molar-refractivity contribution in [3.63, 3.8) is 0 Å². The highest BCUT2D eigenvalue weighted by molar-refractivity contribution is 5.89. The molecule has 4 nitrogen and oxygen atoms in total. The number of amides is 2. The number of anilines is 1. The molecule has 1 aromatic carbocycles. The Morgan fingerprint density at radius 3 is 2.41 bits per heavy atom. The minimum Gasteiger partial charge on any atom is -0.333 e. The summed E-state index contributed by atoms with van der Waals surface area (Å²) in [4.78, 5) is 11.7. The Kier molecular flexibility index (Phi) is 4.52. The van der Waals surface area contributed by atoms with Gasteiger partial charge < -0.3 is 16.4 Å². The maximum atomic E-state index is 11.7. The van der Waals surface area contributed by atoms with Gasteiger partial charge in [0.1, 0.15) is 0 Å². The van der Waals surface area contributed by atoms with Gasteiger partial charge in [-0.15, -0.1) is 0 Å². The molecule has 17 heavy (non-hydrogen) atoms. The molecule has 0 unspecified atom stereocenters. The first-order valence-electron chi connectivity index (χ1n) is 5.79. The van der Waals surface area contributed by atoms with Crippen LogP contribution in [-0.2, 0) is 0 Å². The molecule has 0 saturated heterocycles. The van der Waals surface area contributed by atoms with Gasteiger partial charge in [-0.05, 0) is 45.9 Å².